The molecule has 1 aliphatic rings. The highest BCUT2D eigenvalue weighted by atomic mass is 35.5. The molecule has 1 saturated heterocycles. The van der Waals surface area contributed by atoms with Crippen molar-refractivity contribution in [2.75, 3.05) is 6.54 Å². The molecule has 0 radical (unpaired) electrons. The summed E-state index contributed by atoms with van der Waals surface area (Å²) in [6, 6.07) is 4.07. The first kappa shape index (κ1) is 15.9. The number of nitrogens with two attached hydrogens (primary N) is 1. The fourth-order valence-electron chi connectivity index (χ4n) is 2.56. The van der Waals surface area contributed by atoms with Crippen molar-refractivity contribution >= 4 is 17.5 Å². The minimum absolute atomic E-state index is 0.0116. The molecule has 1 amide bonds. The predicted octanol–water partition coefficient (Wildman–Crippen LogP) is 2.37. The maximum atomic E-state index is 14.0. The Labute approximate surface area is 137 Å². The topological polar surface area (TPSA) is 85.2 Å². The van der Waals surface area contributed by atoms with E-state index >= 15 is 0 Å². The minimum atomic E-state index is -0.602. The van der Waals surface area contributed by atoms with Crippen LogP contribution in [0.2, 0.25) is 5.02 Å². The number of likely N-dealkylation sites (tertiary alicyclic amines) is 1. The summed E-state index contributed by atoms with van der Waals surface area (Å²) in [7, 11) is 0. The number of nitrogens with zero attached hydrogens (tertiary/aromatic N) is 3. The number of hydrogen-bond donors (Lipinski definition) is 1. The third-order valence-corrected chi connectivity index (χ3v) is 4.10. The van der Waals surface area contributed by atoms with Crippen molar-refractivity contribution in [3.63, 3.8) is 0 Å². The summed E-state index contributed by atoms with van der Waals surface area (Å²) in [5.41, 5.74) is 5.99. The molecule has 1 aliphatic heterocycles. The highest BCUT2D eigenvalue weighted by Crippen LogP contribution is 2.25. The molecule has 0 bridgehead atoms. The van der Waals surface area contributed by atoms with E-state index in [9.17, 15) is 9.18 Å². The summed E-state index contributed by atoms with van der Waals surface area (Å²) in [6.45, 7) is 0.761. The van der Waals surface area contributed by atoms with E-state index < -0.39 is 11.9 Å². The molecule has 1 aromatic heterocycles. The van der Waals surface area contributed by atoms with Crippen LogP contribution in [0.25, 0.3) is 11.4 Å². The first-order chi connectivity index (χ1) is 11.1. The molecule has 2 aromatic rings. The zero-order valence-corrected chi connectivity index (χ0v) is 13.1. The third-order valence-electron chi connectivity index (χ3n) is 3.81. The van der Waals surface area contributed by atoms with E-state index in [1.807, 2.05) is 0 Å². The quantitative estimate of drug-likeness (QED) is 0.928. The van der Waals surface area contributed by atoms with E-state index in [1.165, 1.54) is 12.1 Å². The third kappa shape index (κ3) is 3.35. The first-order valence-corrected chi connectivity index (χ1v) is 7.75. The van der Waals surface area contributed by atoms with Crippen molar-refractivity contribution in [1.82, 2.24) is 15.0 Å². The van der Waals surface area contributed by atoms with Crippen molar-refractivity contribution in [2.24, 2.45) is 5.73 Å². The molecule has 6 nitrogen and oxygen atoms in total. The highest BCUT2D eigenvalue weighted by Gasteiger charge is 2.25. The number of hydrogen-bond acceptors (Lipinski definition) is 5. The van der Waals surface area contributed by atoms with Crippen molar-refractivity contribution in [3.8, 4) is 11.4 Å². The second-order valence-corrected chi connectivity index (χ2v) is 5.88. The van der Waals surface area contributed by atoms with Gasteiger partial charge >= 0.3 is 0 Å². The van der Waals surface area contributed by atoms with Crippen LogP contribution in [0.1, 0.15) is 25.2 Å². The molecule has 8 heteroatoms. The number of carbonyl (C=O) groups is 1. The van der Waals surface area contributed by atoms with E-state index in [2.05, 4.69) is 10.1 Å². The first-order valence-electron chi connectivity index (χ1n) is 7.37. The molecule has 0 saturated carbocycles. The smallest absolute Gasteiger partial charge is 0.246 e. The summed E-state index contributed by atoms with van der Waals surface area (Å²) < 4.78 is 19.1. The molecule has 3 rings (SSSR count). The molecule has 2 heterocycles. The summed E-state index contributed by atoms with van der Waals surface area (Å²) in [5.74, 6) is -0.390. The normalized spacial score (nSPS) is 19.0. The maximum Gasteiger partial charge on any atom is 0.246 e. The monoisotopic (exact) mass is 338 g/mol. The van der Waals surface area contributed by atoms with Gasteiger partial charge in [0.1, 0.15) is 6.54 Å². The lowest BCUT2D eigenvalue weighted by Gasteiger charge is -2.20. The van der Waals surface area contributed by atoms with Gasteiger partial charge in [-0.2, -0.15) is 4.98 Å². The van der Waals surface area contributed by atoms with Gasteiger partial charge in [0.15, 0.2) is 5.82 Å². The maximum absolute atomic E-state index is 14.0. The van der Waals surface area contributed by atoms with Gasteiger partial charge in [0.25, 0.3) is 0 Å². The van der Waals surface area contributed by atoms with Gasteiger partial charge in [-0.1, -0.05) is 22.8 Å². The summed E-state index contributed by atoms with van der Waals surface area (Å²) in [4.78, 5) is 17.9. The molecule has 0 aliphatic carbocycles. The standard InChI is InChI=1S/C15H16ClFN4O2/c16-10-5-3-4-9(13(10)17)14-19-12(23-20-14)8-21-7-2-1-6-11(18)15(21)22/h3-5,11H,1-2,6-8,18H2. The van der Waals surface area contributed by atoms with Crippen molar-refractivity contribution in [3.05, 3.63) is 34.9 Å². The van der Waals surface area contributed by atoms with Crippen LogP contribution in [0.4, 0.5) is 4.39 Å². The lowest BCUT2D eigenvalue weighted by molar-refractivity contribution is -0.133. The molecular formula is C15H16ClFN4O2. The van der Waals surface area contributed by atoms with E-state index in [0.29, 0.717) is 13.0 Å². The number of rotatable bonds is 3. The Morgan fingerprint density at radius 3 is 3.09 bits per heavy atom. The molecule has 1 atom stereocenters. The molecule has 2 N–H and O–H groups in total. The van der Waals surface area contributed by atoms with Crippen LogP contribution in [0.3, 0.4) is 0 Å². The number of halogens is 2. The SMILES string of the molecule is NC1CCCCN(Cc2nc(-c3cccc(Cl)c3F)no2)C1=O. The van der Waals surface area contributed by atoms with Crippen LogP contribution in [0, 0.1) is 5.82 Å². The minimum Gasteiger partial charge on any atom is -0.337 e. The zero-order valence-electron chi connectivity index (χ0n) is 12.3. The van der Waals surface area contributed by atoms with Crippen molar-refractivity contribution < 1.29 is 13.7 Å². The van der Waals surface area contributed by atoms with E-state index in [-0.39, 0.29) is 34.8 Å². The van der Waals surface area contributed by atoms with Crippen LogP contribution in [0.15, 0.2) is 22.7 Å². The Morgan fingerprint density at radius 1 is 1.43 bits per heavy atom. The summed E-state index contributed by atoms with van der Waals surface area (Å²) in [6.07, 6.45) is 2.47. The fraction of sp³-hybridized carbons (Fsp3) is 0.400. The highest BCUT2D eigenvalue weighted by molar-refractivity contribution is 6.31. The Kier molecular flexibility index (Phi) is 4.58. The average molecular weight is 339 g/mol. The number of amides is 1. The Hall–Kier alpha value is -1.99. The van der Waals surface area contributed by atoms with Crippen LogP contribution in [0.5, 0.6) is 0 Å². The average Bonchev–Trinajstić information content (AvgIpc) is 2.94. The lowest BCUT2D eigenvalue weighted by atomic mass is 10.1. The van der Waals surface area contributed by atoms with E-state index in [0.717, 1.165) is 12.8 Å². The molecule has 1 aromatic carbocycles. The van der Waals surface area contributed by atoms with Gasteiger partial charge in [0, 0.05) is 6.54 Å². The van der Waals surface area contributed by atoms with E-state index in [4.69, 9.17) is 21.9 Å². The van der Waals surface area contributed by atoms with Gasteiger partial charge in [-0.05, 0) is 31.4 Å². The Morgan fingerprint density at radius 2 is 2.26 bits per heavy atom. The number of carbonyl (C=O) groups excluding carboxylic acids is 1. The van der Waals surface area contributed by atoms with Crippen LogP contribution < -0.4 is 5.73 Å². The van der Waals surface area contributed by atoms with Crippen molar-refractivity contribution in [2.45, 2.75) is 31.8 Å². The Bertz CT molecular complexity index is 721. The second-order valence-electron chi connectivity index (χ2n) is 5.48. The molecule has 1 fully saturated rings. The predicted molar refractivity (Wildman–Crippen MR) is 81.9 cm³/mol. The van der Waals surface area contributed by atoms with Gasteiger partial charge in [-0.15, -0.1) is 0 Å². The number of aromatic nitrogens is 2. The lowest BCUT2D eigenvalue weighted by Crippen LogP contribution is -2.41. The largest absolute Gasteiger partial charge is 0.337 e. The molecular weight excluding hydrogens is 323 g/mol. The fourth-order valence-corrected chi connectivity index (χ4v) is 2.73. The zero-order chi connectivity index (χ0) is 16.4. The van der Waals surface area contributed by atoms with Gasteiger partial charge in [-0.25, -0.2) is 4.39 Å². The van der Waals surface area contributed by atoms with E-state index in [1.54, 1.807) is 11.0 Å². The van der Waals surface area contributed by atoms with Crippen molar-refractivity contribution in [1.29, 1.82) is 0 Å². The summed E-state index contributed by atoms with van der Waals surface area (Å²) >= 11 is 5.75. The molecule has 23 heavy (non-hydrogen) atoms. The van der Waals surface area contributed by atoms with Gasteiger partial charge < -0.3 is 15.2 Å². The molecule has 122 valence electrons. The van der Waals surface area contributed by atoms with Gasteiger partial charge in [-0.3, -0.25) is 4.79 Å². The second kappa shape index (κ2) is 6.64. The van der Waals surface area contributed by atoms with Gasteiger partial charge in [0.05, 0.1) is 16.6 Å². The Balaban J connectivity index is 1.79. The number of benzene rings is 1. The van der Waals surface area contributed by atoms with Crippen LogP contribution in [-0.2, 0) is 11.3 Å². The van der Waals surface area contributed by atoms with Crippen LogP contribution >= 0.6 is 11.6 Å². The van der Waals surface area contributed by atoms with Crippen LogP contribution in [-0.4, -0.2) is 33.5 Å². The molecule has 0 spiro atoms. The van der Waals surface area contributed by atoms with Gasteiger partial charge in [0.2, 0.25) is 17.6 Å². The molecule has 1 unspecified atom stereocenters. The summed E-state index contributed by atoms with van der Waals surface area (Å²) in [5, 5.41) is 3.76.